The summed E-state index contributed by atoms with van der Waals surface area (Å²) in [6, 6.07) is 0. The minimum Gasteiger partial charge on any atom is -0.483 e. The number of rotatable bonds is 10. The second-order valence-electron chi connectivity index (χ2n) is 6.97. The SMILES string of the molecule is CCC1=CC(CC)(CC(CC)CC(CC)CC)OC1=CC(=O)OC. The van der Waals surface area contributed by atoms with Gasteiger partial charge in [-0.05, 0) is 49.2 Å². The van der Waals surface area contributed by atoms with E-state index in [2.05, 4.69) is 40.7 Å². The van der Waals surface area contributed by atoms with Crippen molar-refractivity contribution in [3.8, 4) is 0 Å². The van der Waals surface area contributed by atoms with Crippen molar-refractivity contribution in [1.29, 1.82) is 0 Å². The Balaban J connectivity index is 2.95. The average Bonchev–Trinajstić information content (AvgIpc) is 2.96. The summed E-state index contributed by atoms with van der Waals surface area (Å²) in [4.78, 5) is 11.6. The van der Waals surface area contributed by atoms with E-state index in [0.29, 0.717) is 11.7 Å². The second-order valence-corrected chi connectivity index (χ2v) is 6.97. The Kier molecular flexibility index (Phi) is 8.58. The van der Waals surface area contributed by atoms with Gasteiger partial charge in [-0.1, -0.05) is 53.9 Å². The summed E-state index contributed by atoms with van der Waals surface area (Å²) in [5.41, 5.74) is 0.859. The molecule has 0 aliphatic carbocycles. The Morgan fingerprint density at radius 1 is 1.17 bits per heavy atom. The number of hydrogen-bond donors (Lipinski definition) is 0. The monoisotopic (exact) mass is 336 g/mol. The first-order valence-corrected chi connectivity index (χ1v) is 9.68. The van der Waals surface area contributed by atoms with Crippen LogP contribution in [0.25, 0.3) is 0 Å². The van der Waals surface area contributed by atoms with E-state index < -0.39 is 0 Å². The minimum absolute atomic E-state index is 0.266. The molecule has 2 atom stereocenters. The highest BCUT2D eigenvalue weighted by molar-refractivity contribution is 5.83. The van der Waals surface area contributed by atoms with Gasteiger partial charge in [-0.25, -0.2) is 4.79 Å². The van der Waals surface area contributed by atoms with Crippen LogP contribution in [-0.2, 0) is 14.3 Å². The second kappa shape index (κ2) is 9.90. The Labute approximate surface area is 148 Å². The molecule has 0 aromatic rings. The number of allylic oxidation sites excluding steroid dienone is 1. The highest BCUT2D eigenvalue weighted by Crippen LogP contribution is 2.42. The van der Waals surface area contributed by atoms with Gasteiger partial charge < -0.3 is 9.47 Å². The standard InChI is InChI=1S/C21H36O3/c1-7-16(8-2)12-17(9-3)14-21(11-5)15-18(10-4)19(24-21)13-20(22)23-6/h13,15-17H,7-12,14H2,1-6H3. The van der Waals surface area contributed by atoms with Gasteiger partial charge in [0.25, 0.3) is 0 Å². The summed E-state index contributed by atoms with van der Waals surface area (Å²) in [6.07, 6.45) is 11.5. The smallest absolute Gasteiger partial charge is 0.334 e. The molecule has 0 radical (unpaired) electrons. The lowest BCUT2D eigenvalue weighted by atomic mass is 9.80. The highest BCUT2D eigenvalue weighted by Gasteiger charge is 2.38. The quantitative estimate of drug-likeness (QED) is 0.373. The Morgan fingerprint density at radius 3 is 2.25 bits per heavy atom. The number of carbonyl (C=O) groups excluding carboxylic acids is 1. The van der Waals surface area contributed by atoms with Crippen LogP contribution in [0.2, 0.25) is 0 Å². The van der Waals surface area contributed by atoms with Crippen LogP contribution in [0.3, 0.4) is 0 Å². The van der Waals surface area contributed by atoms with Gasteiger partial charge in [0.05, 0.1) is 13.2 Å². The first-order valence-electron chi connectivity index (χ1n) is 9.68. The molecule has 0 fully saturated rings. The van der Waals surface area contributed by atoms with E-state index in [-0.39, 0.29) is 11.6 Å². The van der Waals surface area contributed by atoms with Gasteiger partial charge in [0.15, 0.2) is 0 Å². The lowest BCUT2D eigenvalue weighted by molar-refractivity contribution is -0.135. The predicted octanol–water partition coefficient (Wildman–Crippen LogP) is 5.80. The molecule has 0 amide bonds. The normalized spacial score (nSPS) is 23.3. The van der Waals surface area contributed by atoms with E-state index in [4.69, 9.17) is 9.47 Å². The zero-order chi connectivity index (χ0) is 18.2. The Morgan fingerprint density at radius 2 is 1.79 bits per heavy atom. The van der Waals surface area contributed by atoms with E-state index >= 15 is 0 Å². The fraction of sp³-hybridized carbons (Fsp3) is 0.762. The topological polar surface area (TPSA) is 35.5 Å². The molecule has 1 rings (SSSR count). The van der Waals surface area contributed by atoms with Crippen molar-refractivity contribution in [2.45, 2.75) is 85.2 Å². The molecule has 0 bridgehead atoms. The van der Waals surface area contributed by atoms with Crippen molar-refractivity contribution in [2.75, 3.05) is 7.11 Å². The highest BCUT2D eigenvalue weighted by atomic mass is 16.5. The number of methoxy groups -OCH3 is 1. The third kappa shape index (κ3) is 5.39. The van der Waals surface area contributed by atoms with Crippen molar-refractivity contribution in [3.63, 3.8) is 0 Å². The predicted molar refractivity (Wildman–Crippen MR) is 99.7 cm³/mol. The molecule has 0 N–H and O–H groups in total. The molecule has 1 heterocycles. The van der Waals surface area contributed by atoms with Gasteiger partial charge in [0.2, 0.25) is 0 Å². The van der Waals surface area contributed by atoms with Gasteiger partial charge in [-0.3, -0.25) is 0 Å². The van der Waals surface area contributed by atoms with Crippen molar-refractivity contribution in [3.05, 3.63) is 23.5 Å². The number of ether oxygens (including phenoxy) is 2. The molecule has 24 heavy (non-hydrogen) atoms. The van der Waals surface area contributed by atoms with Crippen LogP contribution in [0, 0.1) is 11.8 Å². The van der Waals surface area contributed by atoms with Crippen LogP contribution in [-0.4, -0.2) is 18.7 Å². The summed E-state index contributed by atoms with van der Waals surface area (Å²) >= 11 is 0. The molecule has 0 saturated carbocycles. The van der Waals surface area contributed by atoms with Crippen LogP contribution >= 0.6 is 0 Å². The van der Waals surface area contributed by atoms with E-state index in [0.717, 1.165) is 30.8 Å². The van der Waals surface area contributed by atoms with Crippen molar-refractivity contribution in [1.82, 2.24) is 0 Å². The zero-order valence-corrected chi connectivity index (χ0v) is 16.5. The lowest BCUT2D eigenvalue weighted by Gasteiger charge is -2.32. The third-order valence-corrected chi connectivity index (χ3v) is 5.53. The maximum Gasteiger partial charge on any atom is 0.334 e. The van der Waals surface area contributed by atoms with Crippen LogP contribution in [0.15, 0.2) is 23.5 Å². The van der Waals surface area contributed by atoms with Gasteiger partial charge in [-0.2, -0.15) is 0 Å². The Bertz CT molecular complexity index is 460. The van der Waals surface area contributed by atoms with Crippen LogP contribution < -0.4 is 0 Å². The molecule has 3 nitrogen and oxygen atoms in total. The average molecular weight is 337 g/mol. The molecule has 0 saturated heterocycles. The molecule has 0 aromatic heterocycles. The van der Waals surface area contributed by atoms with Crippen molar-refractivity contribution >= 4 is 5.97 Å². The maximum absolute atomic E-state index is 11.6. The number of esters is 1. The molecule has 138 valence electrons. The van der Waals surface area contributed by atoms with Gasteiger partial charge in [0.1, 0.15) is 11.4 Å². The molecular formula is C21H36O3. The maximum atomic E-state index is 11.6. The van der Waals surface area contributed by atoms with Crippen LogP contribution in [0.4, 0.5) is 0 Å². The number of carbonyl (C=O) groups is 1. The summed E-state index contributed by atoms with van der Waals surface area (Å²) in [7, 11) is 1.40. The van der Waals surface area contributed by atoms with E-state index in [1.54, 1.807) is 0 Å². The molecule has 3 heteroatoms. The third-order valence-electron chi connectivity index (χ3n) is 5.53. The van der Waals surface area contributed by atoms with Gasteiger partial charge in [0, 0.05) is 0 Å². The summed E-state index contributed by atoms with van der Waals surface area (Å²) in [5.74, 6) is 1.80. The van der Waals surface area contributed by atoms with Crippen molar-refractivity contribution in [2.24, 2.45) is 11.8 Å². The summed E-state index contributed by atoms with van der Waals surface area (Å²) in [5, 5.41) is 0. The number of hydrogen-bond acceptors (Lipinski definition) is 3. The zero-order valence-electron chi connectivity index (χ0n) is 16.5. The van der Waals surface area contributed by atoms with Gasteiger partial charge in [-0.15, -0.1) is 0 Å². The molecule has 2 unspecified atom stereocenters. The lowest BCUT2D eigenvalue weighted by Crippen LogP contribution is -2.29. The van der Waals surface area contributed by atoms with Crippen LogP contribution in [0.1, 0.15) is 79.6 Å². The molecule has 0 spiro atoms. The van der Waals surface area contributed by atoms with E-state index in [1.165, 1.54) is 38.9 Å². The minimum atomic E-state index is -0.347. The largest absolute Gasteiger partial charge is 0.483 e. The molecule has 0 aromatic carbocycles. The first-order chi connectivity index (χ1) is 11.5. The Hall–Kier alpha value is -1.25. The fourth-order valence-electron chi connectivity index (χ4n) is 3.66. The molecule has 1 aliphatic heterocycles. The van der Waals surface area contributed by atoms with Gasteiger partial charge >= 0.3 is 5.97 Å². The van der Waals surface area contributed by atoms with E-state index in [1.807, 2.05) is 0 Å². The molecular weight excluding hydrogens is 300 g/mol. The van der Waals surface area contributed by atoms with Crippen molar-refractivity contribution < 1.29 is 14.3 Å². The summed E-state index contributed by atoms with van der Waals surface area (Å²) in [6.45, 7) is 11.1. The van der Waals surface area contributed by atoms with E-state index in [9.17, 15) is 4.79 Å². The fourth-order valence-corrected chi connectivity index (χ4v) is 3.66. The first kappa shape index (κ1) is 20.8. The molecule has 1 aliphatic rings. The van der Waals surface area contributed by atoms with Crippen LogP contribution in [0.5, 0.6) is 0 Å². The summed E-state index contributed by atoms with van der Waals surface area (Å²) < 4.78 is 11.1.